The van der Waals surface area contributed by atoms with Gasteiger partial charge in [-0.2, -0.15) is 10.4 Å². The van der Waals surface area contributed by atoms with Gasteiger partial charge in [0.05, 0.1) is 23.5 Å². The first-order chi connectivity index (χ1) is 15.9. The van der Waals surface area contributed by atoms with Crippen molar-refractivity contribution in [3.63, 3.8) is 0 Å². The molecule has 10 nitrogen and oxygen atoms in total. The number of rotatable bonds is 9. The Morgan fingerprint density at radius 1 is 1.30 bits per heavy atom. The van der Waals surface area contributed by atoms with Crippen molar-refractivity contribution in [2.45, 2.75) is 6.92 Å². The third-order valence-corrected chi connectivity index (χ3v) is 4.51. The second-order valence-corrected chi connectivity index (χ2v) is 6.90. The van der Waals surface area contributed by atoms with Crippen LogP contribution in [0.5, 0.6) is 11.5 Å². The fourth-order valence-electron chi connectivity index (χ4n) is 2.78. The number of H-pyrrole nitrogens is 1. The van der Waals surface area contributed by atoms with E-state index in [4.69, 9.17) is 26.8 Å². The molecule has 168 valence electrons. The van der Waals surface area contributed by atoms with Crippen molar-refractivity contribution in [1.82, 2.24) is 9.97 Å². The summed E-state index contributed by atoms with van der Waals surface area (Å²) in [6.07, 6.45) is 1.39. The number of halogens is 1. The van der Waals surface area contributed by atoms with Gasteiger partial charge in [0.1, 0.15) is 11.6 Å². The molecule has 2 aromatic carbocycles. The van der Waals surface area contributed by atoms with E-state index >= 15 is 0 Å². The lowest BCUT2D eigenvalue weighted by Crippen LogP contribution is -2.20. The van der Waals surface area contributed by atoms with Crippen LogP contribution in [0, 0.1) is 11.3 Å². The number of anilines is 1. The maximum Gasteiger partial charge on any atom is 0.270 e. The van der Waals surface area contributed by atoms with Crippen LogP contribution in [0.25, 0.3) is 11.3 Å². The number of aromatic amines is 1. The van der Waals surface area contributed by atoms with Gasteiger partial charge in [-0.25, -0.2) is 10.4 Å². The summed E-state index contributed by atoms with van der Waals surface area (Å²) in [6.45, 7) is 1.81. The van der Waals surface area contributed by atoms with E-state index in [0.717, 1.165) is 0 Å². The molecule has 0 bridgehead atoms. The molecule has 3 aromatic rings. The van der Waals surface area contributed by atoms with E-state index in [2.05, 4.69) is 20.5 Å². The Hall–Kier alpha value is -4.36. The van der Waals surface area contributed by atoms with Gasteiger partial charge in [0.15, 0.2) is 18.1 Å². The quantitative estimate of drug-likeness (QED) is 0.323. The number of nitrogens with zero attached hydrogens (tertiary/aromatic N) is 3. The summed E-state index contributed by atoms with van der Waals surface area (Å²) in [5, 5.41) is 13.7. The Bertz CT molecular complexity index is 1280. The van der Waals surface area contributed by atoms with Crippen LogP contribution in [-0.2, 0) is 4.79 Å². The predicted octanol–water partition coefficient (Wildman–Crippen LogP) is 2.67. The number of benzene rings is 2. The van der Waals surface area contributed by atoms with Crippen molar-refractivity contribution in [3.05, 3.63) is 69.0 Å². The Morgan fingerprint density at radius 3 is 2.70 bits per heavy atom. The Labute approximate surface area is 193 Å². The molecule has 0 atom stereocenters. The molecule has 0 spiro atoms. The van der Waals surface area contributed by atoms with Gasteiger partial charge in [-0.15, -0.1) is 0 Å². The largest absolute Gasteiger partial charge is 0.490 e. The molecule has 0 aliphatic rings. The van der Waals surface area contributed by atoms with Gasteiger partial charge in [0.25, 0.3) is 11.5 Å². The number of amides is 1. The first kappa shape index (κ1) is 23.3. The van der Waals surface area contributed by atoms with Gasteiger partial charge in [-0.1, -0.05) is 41.9 Å². The highest BCUT2D eigenvalue weighted by atomic mass is 35.5. The number of carbonyl (C=O) groups is 1. The van der Waals surface area contributed by atoms with Crippen LogP contribution in [0.3, 0.4) is 0 Å². The summed E-state index contributed by atoms with van der Waals surface area (Å²) in [4.78, 5) is 30.1. The fraction of sp³-hybridized carbons (Fsp3) is 0.136. The van der Waals surface area contributed by atoms with E-state index in [1.54, 1.807) is 37.3 Å². The summed E-state index contributed by atoms with van der Waals surface area (Å²) >= 11 is 6.29. The van der Waals surface area contributed by atoms with Crippen molar-refractivity contribution >= 4 is 29.7 Å². The fourth-order valence-corrected chi connectivity index (χ4v) is 2.98. The third-order valence-electron chi connectivity index (χ3n) is 4.19. The van der Waals surface area contributed by atoms with Gasteiger partial charge < -0.3 is 15.2 Å². The molecular formula is C22H19ClN6O4. The van der Waals surface area contributed by atoms with E-state index in [1.165, 1.54) is 12.3 Å². The van der Waals surface area contributed by atoms with E-state index in [-0.39, 0.29) is 34.6 Å². The van der Waals surface area contributed by atoms with Gasteiger partial charge in [0, 0.05) is 17.2 Å². The maximum atomic E-state index is 12.3. The molecule has 0 aliphatic heterocycles. The zero-order valence-corrected chi connectivity index (χ0v) is 18.2. The second-order valence-electron chi connectivity index (χ2n) is 6.49. The number of hydrogen-bond acceptors (Lipinski definition) is 8. The van der Waals surface area contributed by atoms with E-state index < -0.39 is 11.5 Å². The van der Waals surface area contributed by atoms with Gasteiger partial charge in [-0.3, -0.25) is 14.6 Å². The van der Waals surface area contributed by atoms with E-state index in [1.807, 2.05) is 12.1 Å². The number of nitrogens with two attached hydrogens (primary N) is 1. The standard InChI is InChI=1S/C22H19ClN6O4/c1-2-32-17-8-14(16(23)9-18(17)33-12-19(25)30)11-26-29-22-27-20(13-6-4-3-5-7-13)15(10-24)21(31)28-22/h3-9,11H,2,12H2,1H3,(H2,25,30)(H2,27,28,29,31). The van der Waals surface area contributed by atoms with Crippen LogP contribution in [-0.4, -0.2) is 35.3 Å². The topological polar surface area (TPSA) is 155 Å². The number of nitriles is 1. The van der Waals surface area contributed by atoms with Crippen molar-refractivity contribution in [3.8, 4) is 28.8 Å². The number of aromatic nitrogens is 2. The Morgan fingerprint density at radius 2 is 2.03 bits per heavy atom. The lowest BCUT2D eigenvalue weighted by atomic mass is 10.1. The highest BCUT2D eigenvalue weighted by molar-refractivity contribution is 6.33. The number of hydrazone groups is 1. The second kappa shape index (κ2) is 10.8. The highest BCUT2D eigenvalue weighted by Crippen LogP contribution is 2.33. The van der Waals surface area contributed by atoms with E-state index in [0.29, 0.717) is 23.5 Å². The summed E-state index contributed by atoms with van der Waals surface area (Å²) in [6, 6.07) is 13.8. The number of carbonyl (C=O) groups excluding carboxylic acids is 1. The summed E-state index contributed by atoms with van der Waals surface area (Å²) in [5.74, 6) is 0.0103. The first-order valence-corrected chi connectivity index (χ1v) is 10.1. The third kappa shape index (κ3) is 5.87. The molecule has 11 heteroatoms. The van der Waals surface area contributed by atoms with Gasteiger partial charge in [0.2, 0.25) is 5.95 Å². The molecular weight excluding hydrogens is 448 g/mol. The lowest BCUT2D eigenvalue weighted by molar-refractivity contribution is -0.119. The zero-order valence-electron chi connectivity index (χ0n) is 17.5. The number of primary amides is 1. The molecule has 0 saturated heterocycles. The Balaban J connectivity index is 1.87. The predicted molar refractivity (Wildman–Crippen MR) is 124 cm³/mol. The minimum atomic E-state index is -0.637. The number of nitrogens with one attached hydrogen (secondary N) is 2. The smallest absolute Gasteiger partial charge is 0.270 e. The van der Waals surface area contributed by atoms with Crippen LogP contribution in [0.4, 0.5) is 5.95 Å². The van der Waals surface area contributed by atoms with Crippen molar-refractivity contribution < 1.29 is 14.3 Å². The van der Waals surface area contributed by atoms with Crippen molar-refractivity contribution in [2.75, 3.05) is 18.6 Å². The zero-order chi connectivity index (χ0) is 23.8. The summed E-state index contributed by atoms with van der Waals surface area (Å²) < 4.78 is 10.9. The summed E-state index contributed by atoms with van der Waals surface area (Å²) in [7, 11) is 0. The molecule has 1 aromatic heterocycles. The lowest BCUT2D eigenvalue weighted by Gasteiger charge is -2.12. The first-order valence-electron chi connectivity index (χ1n) is 9.69. The highest BCUT2D eigenvalue weighted by Gasteiger charge is 2.14. The normalized spacial score (nSPS) is 10.6. The van der Waals surface area contributed by atoms with Crippen LogP contribution in [0.1, 0.15) is 18.1 Å². The van der Waals surface area contributed by atoms with Crippen LogP contribution in [0.15, 0.2) is 52.4 Å². The molecule has 0 saturated carbocycles. The van der Waals surface area contributed by atoms with Gasteiger partial charge in [-0.05, 0) is 13.0 Å². The monoisotopic (exact) mass is 466 g/mol. The Kier molecular flexibility index (Phi) is 7.62. The number of hydrogen-bond donors (Lipinski definition) is 3. The van der Waals surface area contributed by atoms with Crippen molar-refractivity contribution in [1.29, 1.82) is 5.26 Å². The molecule has 4 N–H and O–H groups in total. The van der Waals surface area contributed by atoms with Crippen LogP contribution in [0.2, 0.25) is 5.02 Å². The minimum Gasteiger partial charge on any atom is -0.490 e. The molecule has 33 heavy (non-hydrogen) atoms. The molecule has 3 rings (SSSR count). The molecule has 1 heterocycles. The van der Waals surface area contributed by atoms with Crippen LogP contribution >= 0.6 is 11.6 Å². The minimum absolute atomic E-state index is 0.0386. The average molecular weight is 467 g/mol. The molecule has 0 radical (unpaired) electrons. The molecule has 0 aliphatic carbocycles. The summed E-state index contributed by atoms with van der Waals surface area (Å²) in [5.41, 5.74) is 8.35. The van der Waals surface area contributed by atoms with Crippen LogP contribution < -0.4 is 26.2 Å². The maximum absolute atomic E-state index is 12.3. The SMILES string of the molecule is CCOc1cc(C=NNc2nc(-c3ccccc3)c(C#N)c(=O)[nH]2)c(Cl)cc1OCC(N)=O. The molecule has 1 amide bonds. The molecule has 0 unspecified atom stereocenters. The molecule has 0 fully saturated rings. The van der Waals surface area contributed by atoms with Gasteiger partial charge >= 0.3 is 0 Å². The van der Waals surface area contributed by atoms with E-state index in [9.17, 15) is 14.9 Å². The number of ether oxygens (including phenoxy) is 2. The average Bonchev–Trinajstić information content (AvgIpc) is 2.80. The van der Waals surface area contributed by atoms with Crippen molar-refractivity contribution in [2.24, 2.45) is 10.8 Å².